The first-order valence-electron chi connectivity index (χ1n) is 9.54. The van der Waals surface area contributed by atoms with Gasteiger partial charge in [0.15, 0.2) is 0 Å². The van der Waals surface area contributed by atoms with Gasteiger partial charge in [0.1, 0.15) is 11.5 Å². The topological polar surface area (TPSA) is 103 Å². The number of rotatable bonds is 4. The molecule has 7 nitrogen and oxygen atoms in total. The van der Waals surface area contributed by atoms with Gasteiger partial charge in [-0.25, -0.2) is 0 Å². The Morgan fingerprint density at radius 1 is 1.07 bits per heavy atom. The molecule has 7 heteroatoms. The average molecular weight is 389 g/mol. The molecule has 2 fully saturated rings. The molecular weight excluding hydrogens is 372 g/mol. The molecule has 2 heterocycles. The zero-order chi connectivity index (χ0) is 20.1. The van der Waals surface area contributed by atoms with Crippen molar-refractivity contribution in [2.45, 2.75) is 12.8 Å². The minimum atomic E-state index is -1.27. The number of benzene rings is 1. The molecule has 3 aliphatic carbocycles. The summed E-state index contributed by atoms with van der Waals surface area (Å²) < 4.78 is 5.68. The first-order chi connectivity index (χ1) is 14.0. The number of amides is 2. The molecule has 4 aliphatic rings. The van der Waals surface area contributed by atoms with Crippen molar-refractivity contribution >= 4 is 24.0 Å². The van der Waals surface area contributed by atoms with Crippen LogP contribution in [0.4, 0.5) is 0 Å². The summed E-state index contributed by atoms with van der Waals surface area (Å²) in [6, 6.07) is 9.53. The summed E-state index contributed by atoms with van der Waals surface area (Å²) in [6.07, 6.45) is 7.34. The molecule has 146 valence electrons. The second-order valence-corrected chi connectivity index (χ2v) is 7.64. The molecule has 0 N–H and O–H groups in total. The molecule has 0 spiro atoms. The summed E-state index contributed by atoms with van der Waals surface area (Å²) in [5.41, 5.74) is 0.626. The lowest BCUT2D eigenvalue weighted by atomic mass is 9.63. The maximum atomic E-state index is 12.8. The normalized spacial score (nSPS) is 27.8. The number of hydrogen-bond donors (Lipinski definition) is 0. The molecule has 1 saturated carbocycles. The van der Waals surface area contributed by atoms with Crippen molar-refractivity contribution < 1.29 is 23.9 Å². The smallest absolute Gasteiger partial charge is 0.254 e. The Kier molecular flexibility index (Phi) is 3.97. The Hall–Kier alpha value is -3.48. The van der Waals surface area contributed by atoms with Crippen LogP contribution < -0.4 is 5.11 Å². The van der Waals surface area contributed by atoms with Gasteiger partial charge in [0, 0.05) is 5.56 Å². The number of aromatic carboxylic acids is 1. The van der Waals surface area contributed by atoms with E-state index in [-0.39, 0.29) is 41.0 Å². The molecule has 29 heavy (non-hydrogen) atoms. The van der Waals surface area contributed by atoms with Gasteiger partial charge in [0.05, 0.1) is 24.0 Å². The van der Waals surface area contributed by atoms with Gasteiger partial charge in [-0.2, -0.15) is 10.1 Å². The van der Waals surface area contributed by atoms with E-state index >= 15 is 0 Å². The Bertz CT molecular complexity index is 1050. The summed E-state index contributed by atoms with van der Waals surface area (Å²) >= 11 is 0. The van der Waals surface area contributed by atoms with Gasteiger partial charge in [-0.1, -0.05) is 30.4 Å². The monoisotopic (exact) mass is 389 g/mol. The molecule has 2 bridgehead atoms. The highest BCUT2D eigenvalue weighted by Crippen LogP contribution is 2.49. The van der Waals surface area contributed by atoms with E-state index in [0.29, 0.717) is 17.1 Å². The van der Waals surface area contributed by atoms with E-state index in [9.17, 15) is 19.5 Å². The van der Waals surface area contributed by atoms with Gasteiger partial charge in [-0.05, 0) is 48.4 Å². The van der Waals surface area contributed by atoms with Crippen LogP contribution in [0.15, 0.2) is 58.1 Å². The second kappa shape index (κ2) is 6.55. The van der Waals surface area contributed by atoms with Crippen molar-refractivity contribution in [2.24, 2.45) is 28.8 Å². The number of fused-ring (bicyclic) bond motifs is 1. The number of furan rings is 1. The average Bonchev–Trinajstić information content (AvgIpc) is 3.32. The van der Waals surface area contributed by atoms with Crippen LogP contribution in [-0.2, 0) is 9.59 Å². The maximum Gasteiger partial charge on any atom is 0.254 e. The molecule has 1 aromatic heterocycles. The highest BCUT2D eigenvalue weighted by molar-refractivity contribution is 6.06. The fraction of sp³-hybridized carbons (Fsp3) is 0.273. The Morgan fingerprint density at radius 2 is 1.76 bits per heavy atom. The summed E-state index contributed by atoms with van der Waals surface area (Å²) in [6.45, 7) is 0. The number of allylic oxidation sites excluding steroid dienone is 2. The number of carbonyl (C=O) groups excluding carboxylic acids is 3. The van der Waals surface area contributed by atoms with E-state index in [2.05, 4.69) is 17.3 Å². The van der Waals surface area contributed by atoms with Gasteiger partial charge >= 0.3 is 0 Å². The lowest BCUT2D eigenvalue weighted by Crippen LogP contribution is -2.38. The molecule has 0 radical (unpaired) electrons. The van der Waals surface area contributed by atoms with Crippen molar-refractivity contribution in [1.82, 2.24) is 5.01 Å². The van der Waals surface area contributed by atoms with Crippen molar-refractivity contribution in [3.05, 3.63) is 59.9 Å². The van der Waals surface area contributed by atoms with Crippen LogP contribution >= 0.6 is 0 Å². The van der Waals surface area contributed by atoms with E-state index in [1.54, 1.807) is 24.3 Å². The molecule has 1 aromatic carbocycles. The van der Waals surface area contributed by atoms with Gasteiger partial charge in [0.2, 0.25) is 0 Å². The number of nitrogens with zero attached hydrogens (tertiary/aromatic N) is 2. The highest BCUT2D eigenvalue weighted by atomic mass is 16.4. The Balaban J connectivity index is 1.37. The van der Waals surface area contributed by atoms with Crippen LogP contribution in [-0.4, -0.2) is 29.0 Å². The van der Waals surface area contributed by atoms with E-state index < -0.39 is 5.97 Å². The van der Waals surface area contributed by atoms with Gasteiger partial charge in [-0.3, -0.25) is 9.59 Å². The highest BCUT2D eigenvalue weighted by Gasteiger charge is 2.56. The molecule has 0 unspecified atom stereocenters. The summed E-state index contributed by atoms with van der Waals surface area (Å²) in [4.78, 5) is 36.5. The molecule has 1 saturated heterocycles. The minimum absolute atomic E-state index is 0.0493. The van der Waals surface area contributed by atoms with Crippen molar-refractivity contribution in [1.29, 1.82) is 0 Å². The predicted octanol–water partition coefficient (Wildman–Crippen LogP) is 1.84. The first kappa shape index (κ1) is 17.6. The van der Waals surface area contributed by atoms with Crippen LogP contribution in [0.25, 0.3) is 11.3 Å². The first-order valence-corrected chi connectivity index (χ1v) is 9.54. The Labute approximate surface area is 166 Å². The van der Waals surface area contributed by atoms with E-state index in [0.717, 1.165) is 17.9 Å². The van der Waals surface area contributed by atoms with Gasteiger partial charge in [0.25, 0.3) is 11.8 Å². The van der Waals surface area contributed by atoms with Crippen LogP contribution in [0.5, 0.6) is 0 Å². The zero-order valence-electron chi connectivity index (χ0n) is 15.4. The maximum absolute atomic E-state index is 12.8. The quantitative estimate of drug-likeness (QED) is 0.451. The van der Waals surface area contributed by atoms with Crippen molar-refractivity contribution in [3.8, 4) is 11.3 Å². The predicted molar refractivity (Wildman–Crippen MR) is 100 cm³/mol. The third-order valence-electron chi connectivity index (χ3n) is 6.05. The third kappa shape index (κ3) is 2.81. The van der Waals surface area contributed by atoms with E-state index in [4.69, 9.17) is 4.42 Å². The number of carboxylic acid groups (broad SMARTS) is 1. The third-order valence-corrected chi connectivity index (χ3v) is 6.05. The largest absolute Gasteiger partial charge is 0.545 e. The number of imide groups is 1. The van der Waals surface area contributed by atoms with E-state index in [1.807, 2.05) is 0 Å². The number of hydrogen-bond acceptors (Lipinski definition) is 6. The van der Waals surface area contributed by atoms with Gasteiger partial charge < -0.3 is 14.3 Å². The minimum Gasteiger partial charge on any atom is -0.545 e. The fourth-order valence-corrected chi connectivity index (χ4v) is 4.66. The van der Waals surface area contributed by atoms with Crippen LogP contribution in [0.1, 0.15) is 29.0 Å². The Morgan fingerprint density at radius 3 is 2.38 bits per heavy atom. The summed E-state index contributed by atoms with van der Waals surface area (Å²) in [5, 5.41) is 16.1. The molecule has 4 atom stereocenters. The summed E-state index contributed by atoms with van der Waals surface area (Å²) in [5.74, 6) is -1.32. The number of carbonyl (C=O) groups is 3. The van der Waals surface area contributed by atoms with Crippen molar-refractivity contribution in [3.63, 3.8) is 0 Å². The van der Waals surface area contributed by atoms with Crippen molar-refractivity contribution in [2.75, 3.05) is 0 Å². The molecule has 2 aromatic rings. The van der Waals surface area contributed by atoms with Crippen LogP contribution in [0.3, 0.4) is 0 Å². The molecule has 1 aliphatic heterocycles. The summed E-state index contributed by atoms with van der Waals surface area (Å²) in [7, 11) is 0. The lowest BCUT2D eigenvalue weighted by Gasteiger charge is -2.37. The zero-order valence-corrected chi connectivity index (χ0v) is 15.4. The fourth-order valence-electron chi connectivity index (χ4n) is 4.66. The molecule has 6 rings (SSSR count). The molecular formula is C22H17N2O5-. The second-order valence-electron chi connectivity index (χ2n) is 7.64. The SMILES string of the molecule is O=C([O-])c1cccc(-c2ccc(/C=N\N3C(=O)[C@@H]4[C@@H](C3=O)[C@@H]3C=C[C@@H]4CC3)o2)c1. The van der Waals surface area contributed by atoms with E-state index in [1.165, 1.54) is 18.3 Å². The number of carboxylic acids is 1. The van der Waals surface area contributed by atoms with Gasteiger partial charge in [-0.15, -0.1) is 0 Å². The number of hydrazone groups is 1. The van der Waals surface area contributed by atoms with Crippen LogP contribution in [0.2, 0.25) is 0 Å². The standard InChI is InChI=1S/C22H18N2O5/c25-20-18-12-4-5-13(7-6-12)19(18)21(26)24(20)23-11-16-8-9-17(29-16)14-2-1-3-15(10-14)22(27)28/h1-5,8-13,18-19H,6-7H2,(H,27,28)/p-1/b23-11-/t12-,13-,18+,19+/m1/s1. The lowest BCUT2D eigenvalue weighted by molar-refractivity contribution is -0.255. The molecule has 2 amide bonds. The van der Waals surface area contributed by atoms with Crippen LogP contribution in [0, 0.1) is 23.7 Å².